The van der Waals surface area contributed by atoms with Gasteiger partial charge >= 0.3 is 0 Å². The van der Waals surface area contributed by atoms with Gasteiger partial charge in [-0.2, -0.15) is 0 Å². The Morgan fingerprint density at radius 2 is 1.92 bits per heavy atom. The molecule has 124 valence electrons. The van der Waals surface area contributed by atoms with Crippen molar-refractivity contribution in [3.63, 3.8) is 0 Å². The van der Waals surface area contributed by atoms with Gasteiger partial charge in [0, 0.05) is 35.6 Å². The molecule has 0 spiro atoms. The van der Waals surface area contributed by atoms with Crippen LogP contribution in [0.5, 0.6) is 5.75 Å². The molecule has 0 atom stereocenters. The summed E-state index contributed by atoms with van der Waals surface area (Å²) in [6.07, 6.45) is 6.72. The summed E-state index contributed by atoms with van der Waals surface area (Å²) in [6, 6.07) is 11.9. The Balaban J connectivity index is 1.67. The quantitative estimate of drug-likeness (QED) is 0.605. The predicted octanol–water partition coefficient (Wildman–Crippen LogP) is 2.81. The molecule has 0 aliphatic heterocycles. The van der Waals surface area contributed by atoms with Gasteiger partial charge in [-0.05, 0) is 18.2 Å². The van der Waals surface area contributed by atoms with Crippen LogP contribution in [0.25, 0.3) is 16.8 Å². The number of hydrogen-bond acceptors (Lipinski definition) is 6. The predicted molar refractivity (Wildman–Crippen MR) is 94.3 cm³/mol. The molecule has 1 aromatic carbocycles. The highest BCUT2D eigenvalue weighted by molar-refractivity contribution is 5.78. The summed E-state index contributed by atoms with van der Waals surface area (Å²) in [7, 11) is 1.67. The Hall–Kier alpha value is -3.48. The molecule has 0 aliphatic rings. The minimum Gasteiger partial charge on any atom is -0.496 e. The first-order valence-electron chi connectivity index (χ1n) is 7.80. The van der Waals surface area contributed by atoms with Crippen molar-refractivity contribution in [1.29, 1.82) is 0 Å². The Morgan fingerprint density at radius 3 is 2.76 bits per heavy atom. The fourth-order valence-electron chi connectivity index (χ4n) is 2.75. The molecule has 1 N–H and O–H groups in total. The van der Waals surface area contributed by atoms with Crippen LogP contribution >= 0.6 is 0 Å². The number of aromatic nitrogens is 5. The van der Waals surface area contributed by atoms with Gasteiger partial charge in [0.1, 0.15) is 24.2 Å². The number of rotatable bonds is 5. The third kappa shape index (κ3) is 2.87. The molecule has 0 amide bonds. The normalized spacial score (nSPS) is 10.8. The molecule has 0 radical (unpaired) electrons. The van der Waals surface area contributed by atoms with Crippen molar-refractivity contribution in [1.82, 2.24) is 24.6 Å². The number of nitrogens with one attached hydrogen (secondary N) is 1. The van der Waals surface area contributed by atoms with Crippen LogP contribution in [0.4, 0.5) is 5.82 Å². The van der Waals surface area contributed by atoms with E-state index in [0.29, 0.717) is 6.54 Å². The molecule has 25 heavy (non-hydrogen) atoms. The van der Waals surface area contributed by atoms with Gasteiger partial charge in [-0.3, -0.25) is 4.40 Å². The summed E-state index contributed by atoms with van der Waals surface area (Å²) in [5, 5.41) is 11.7. The molecular weight excluding hydrogens is 316 g/mol. The highest BCUT2D eigenvalue weighted by atomic mass is 16.5. The van der Waals surface area contributed by atoms with Crippen LogP contribution < -0.4 is 10.1 Å². The summed E-state index contributed by atoms with van der Waals surface area (Å²) in [5.74, 6) is 1.75. The average Bonchev–Trinajstić information content (AvgIpc) is 3.17. The van der Waals surface area contributed by atoms with Crippen molar-refractivity contribution < 1.29 is 4.74 Å². The lowest BCUT2D eigenvalue weighted by molar-refractivity contribution is 0.410. The second-order valence-corrected chi connectivity index (χ2v) is 5.45. The van der Waals surface area contributed by atoms with Gasteiger partial charge in [-0.15, -0.1) is 10.2 Å². The number of benzene rings is 1. The summed E-state index contributed by atoms with van der Waals surface area (Å²) >= 11 is 0. The van der Waals surface area contributed by atoms with E-state index in [9.17, 15) is 0 Å². The fourth-order valence-corrected chi connectivity index (χ4v) is 2.75. The molecule has 0 unspecified atom stereocenters. The number of nitrogens with zero attached hydrogens (tertiary/aromatic N) is 5. The van der Waals surface area contributed by atoms with E-state index in [-0.39, 0.29) is 0 Å². The first kappa shape index (κ1) is 15.1. The van der Waals surface area contributed by atoms with Crippen molar-refractivity contribution in [3.05, 3.63) is 67.0 Å². The van der Waals surface area contributed by atoms with E-state index in [1.54, 1.807) is 25.8 Å². The van der Waals surface area contributed by atoms with Crippen LogP contribution in [0, 0.1) is 0 Å². The fraction of sp³-hybridized carbons (Fsp3) is 0.111. The van der Waals surface area contributed by atoms with Crippen molar-refractivity contribution in [2.24, 2.45) is 0 Å². The number of methoxy groups -OCH3 is 1. The minimum absolute atomic E-state index is 0.630. The first-order valence-corrected chi connectivity index (χ1v) is 7.80. The minimum atomic E-state index is 0.630. The van der Waals surface area contributed by atoms with Gasteiger partial charge in [0.15, 0.2) is 5.65 Å². The first-order chi connectivity index (χ1) is 12.4. The van der Waals surface area contributed by atoms with Gasteiger partial charge in [0.25, 0.3) is 0 Å². The SMILES string of the molecule is COc1ccccc1CNc1ccc(-c2cncnc2)c2nncn12. The van der Waals surface area contributed by atoms with E-state index in [4.69, 9.17) is 4.74 Å². The lowest BCUT2D eigenvalue weighted by Crippen LogP contribution is -2.05. The number of fused-ring (bicyclic) bond motifs is 1. The smallest absolute Gasteiger partial charge is 0.170 e. The average molecular weight is 332 g/mol. The summed E-state index contributed by atoms with van der Waals surface area (Å²) in [5.41, 5.74) is 3.66. The molecule has 0 bridgehead atoms. The Bertz CT molecular complexity index is 999. The zero-order valence-corrected chi connectivity index (χ0v) is 13.6. The van der Waals surface area contributed by atoms with Gasteiger partial charge in [-0.25, -0.2) is 9.97 Å². The zero-order chi connectivity index (χ0) is 17.1. The van der Waals surface area contributed by atoms with E-state index in [1.165, 1.54) is 6.33 Å². The highest BCUT2D eigenvalue weighted by Gasteiger charge is 2.10. The maximum atomic E-state index is 5.40. The molecule has 7 nitrogen and oxygen atoms in total. The highest BCUT2D eigenvalue weighted by Crippen LogP contribution is 2.25. The number of anilines is 1. The monoisotopic (exact) mass is 332 g/mol. The van der Waals surface area contributed by atoms with Crippen molar-refractivity contribution in [3.8, 4) is 16.9 Å². The number of ether oxygens (including phenoxy) is 1. The molecule has 0 saturated heterocycles. The third-order valence-corrected chi connectivity index (χ3v) is 3.98. The molecule has 3 aromatic heterocycles. The van der Waals surface area contributed by atoms with Crippen LogP contribution in [-0.2, 0) is 6.54 Å². The van der Waals surface area contributed by atoms with Gasteiger partial charge in [0.2, 0.25) is 0 Å². The number of hydrogen-bond donors (Lipinski definition) is 1. The Labute approximate surface area is 144 Å². The molecule has 0 fully saturated rings. The number of para-hydroxylation sites is 1. The Morgan fingerprint density at radius 1 is 1.08 bits per heavy atom. The molecule has 0 saturated carbocycles. The van der Waals surface area contributed by atoms with Gasteiger partial charge in [-0.1, -0.05) is 18.2 Å². The van der Waals surface area contributed by atoms with Crippen LogP contribution in [-0.4, -0.2) is 31.7 Å². The maximum absolute atomic E-state index is 5.40. The summed E-state index contributed by atoms with van der Waals surface area (Å²) in [6.45, 7) is 0.630. The lowest BCUT2D eigenvalue weighted by Gasteiger charge is -2.12. The Kier molecular flexibility index (Phi) is 3.96. The second-order valence-electron chi connectivity index (χ2n) is 5.45. The molecule has 4 aromatic rings. The van der Waals surface area contributed by atoms with Gasteiger partial charge in [0.05, 0.1) is 7.11 Å². The molecular formula is C18H16N6O. The summed E-state index contributed by atoms with van der Waals surface area (Å²) in [4.78, 5) is 8.14. The van der Waals surface area contributed by atoms with Crippen molar-refractivity contribution in [2.75, 3.05) is 12.4 Å². The van der Waals surface area contributed by atoms with E-state index in [1.807, 2.05) is 40.8 Å². The van der Waals surface area contributed by atoms with Crippen molar-refractivity contribution in [2.45, 2.75) is 6.54 Å². The molecule has 0 aliphatic carbocycles. The molecule has 4 rings (SSSR count). The zero-order valence-electron chi connectivity index (χ0n) is 13.6. The standard InChI is InChI=1S/C18H16N6O/c1-25-16-5-3-2-4-13(16)10-21-17-7-6-15(14-8-19-11-20-9-14)18-23-22-12-24(17)18/h2-9,11-12,21H,10H2,1H3. The van der Waals surface area contributed by atoms with E-state index in [2.05, 4.69) is 25.5 Å². The topological polar surface area (TPSA) is 77.2 Å². The van der Waals surface area contributed by atoms with E-state index >= 15 is 0 Å². The second kappa shape index (κ2) is 6.56. The van der Waals surface area contributed by atoms with Crippen LogP contribution in [0.15, 0.2) is 61.4 Å². The molecule has 7 heteroatoms. The third-order valence-electron chi connectivity index (χ3n) is 3.98. The largest absolute Gasteiger partial charge is 0.496 e. The lowest BCUT2D eigenvalue weighted by atomic mass is 10.1. The van der Waals surface area contributed by atoms with E-state index in [0.717, 1.165) is 33.9 Å². The van der Waals surface area contributed by atoms with Crippen LogP contribution in [0.2, 0.25) is 0 Å². The number of pyridine rings is 1. The van der Waals surface area contributed by atoms with E-state index < -0.39 is 0 Å². The summed E-state index contributed by atoms with van der Waals surface area (Å²) < 4.78 is 7.31. The van der Waals surface area contributed by atoms with Crippen molar-refractivity contribution >= 4 is 11.5 Å². The maximum Gasteiger partial charge on any atom is 0.170 e. The molecule has 3 heterocycles. The van der Waals surface area contributed by atoms with Crippen LogP contribution in [0.3, 0.4) is 0 Å². The van der Waals surface area contributed by atoms with Gasteiger partial charge < -0.3 is 10.1 Å². The van der Waals surface area contributed by atoms with Crippen LogP contribution in [0.1, 0.15) is 5.56 Å².